The van der Waals surface area contributed by atoms with E-state index >= 15 is 0 Å². The maximum Gasteiger partial charge on any atom is 0.147 e. The van der Waals surface area contributed by atoms with E-state index in [-0.39, 0.29) is 0 Å². The normalized spacial score (nSPS) is 19.4. The van der Waals surface area contributed by atoms with Crippen molar-refractivity contribution in [1.29, 1.82) is 0 Å². The molecule has 0 aliphatic heterocycles. The molecule has 0 spiro atoms. The van der Waals surface area contributed by atoms with Crippen molar-refractivity contribution in [3.05, 3.63) is 34.9 Å². The molecule has 1 aromatic carbocycles. The molecule has 0 bridgehead atoms. The highest BCUT2D eigenvalue weighted by molar-refractivity contribution is 6.33. The van der Waals surface area contributed by atoms with Crippen molar-refractivity contribution in [2.24, 2.45) is 10.9 Å². The average molecular weight is 238 g/mol. The molecule has 0 heterocycles. The van der Waals surface area contributed by atoms with Crippen LogP contribution < -0.4 is 0 Å². The summed E-state index contributed by atoms with van der Waals surface area (Å²) in [7, 11) is 0. The molecule has 1 unspecified atom stereocenters. The second-order valence-corrected chi connectivity index (χ2v) is 4.67. The van der Waals surface area contributed by atoms with Crippen molar-refractivity contribution >= 4 is 17.8 Å². The Hall–Kier alpha value is -0.860. The van der Waals surface area contributed by atoms with Gasteiger partial charge in [-0.1, -0.05) is 42.6 Å². The first kappa shape index (κ1) is 11.6. The van der Waals surface area contributed by atoms with Crippen LogP contribution in [0.1, 0.15) is 31.2 Å². The van der Waals surface area contributed by atoms with Gasteiger partial charge in [-0.15, -0.1) is 0 Å². The van der Waals surface area contributed by atoms with Crippen LogP contribution in [0.3, 0.4) is 0 Å². The molecule has 3 heteroatoms. The molecule has 1 fully saturated rings. The molecule has 0 amide bonds. The minimum Gasteiger partial charge on any atom is -0.372 e. The Kier molecular flexibility index (Phi) is 3.97. The molecule has 1 aliphatic rings. The number of nitrogens with zero attached hydrogens (tertiary/aromatic N) is 1. The van der Waals surface area contributed by atoms with Crippen LogP contribution in [0, 0.1) is 5.92 Å². The van der Waals surface area contributed by atoms with Crippen LogP contribution in [0.25, 0.3) is 0 Å². The van der Waals surface area contributed by atoms with Crippen LogP contribution in [-0.2, 0) is 0 Å². The van der Waals surface area contributed by atoms with E-state index in [1.165, 1.54) is 12.8 Å². The second-order valence-electron chi connectivity index (χ2n) is 4.26. The van der Waals surface area contributed by atoms with Gasteiger partial charge in [0.05, 0.1) is 0 Å². The van der Waals surface area contributed by atoms with Gasteiger partial charge in [-0.25, -0.2) is 0 Å². The summed E-state index contributed by atoms with van der Waals surface area (Å²) < 4.78 is 0. The van der Waals surface area contributed by atoms with E-state index in [4.69, 9.17) is 11.6 Å². The van der Waals surface area contributed by atoms with Crippen molar-refractivity contribution < 1.29 is 5.11 Å². The molecule has 1 aliphatic carbocycles. The van der Waals surface area contributed by atoms with Crippen LogP contribution in [0.15, 0.2) is 29.3 Å². The third-order valence-corrected chi connectivity index (χ3v) is 3.44. The first-order valence-electron chi connectivity index (χ1n) is 5.73. The lowest BCUT2D eigenvalue weighted by atomic mass is 10.1. The van der Waals surface area contributed by atoms with E-state index in [0.29, 0.717) is 10.9 Å². The van der Waals surface area contributed by atoms with Crippen molar-refractivity contribution in [3.63, 3.8) is 0 Å². The molecule has 1 N–H and O–H groups in total. The Bertz CT molecular complexity index is 372. The van der Waals surface area contributed by atoms with Crippen LogP contribution in [-0.4, -0.2) is 17.5 Å². The zero-order valence-electron chi connectivity index (χ0n) is 9.14. The lowest BCUT2D eigenvalue weighted by Gasteiger charge is -2.12. The number of hydrogen-bond acceptors (Lipinski definition) is 2. The molecular formula is C13H16ClNO. The van der Waals surface area contributed by atoms with Gasteiger partial charge in [0.1, 0.15) is 6.23 Å². The molecule has 16 heavy (non-hydrogen) atoms. The highest BCUT2D eigenvalue weighted by atomic mass is 35.5. The minimum absolute atomic E-state index is 0.332. The number of aliphatic hydroxyl groups is 1. The van der Waals surface area contributed by atoms with Crippen LogP contribution in [0.5, 0.6) is 0 Å². The summed E-state index contributed by atoms with van der Waals surface area (Å²) in [5.41, 5.74) is 0.862. The number of benzene rings is 1. The molecule has 1 atom stereocenters. The molecule has 2 rings (SSSR count). The highest BCUT2D eigenvalue weighted by Crippen LogP contribution is 2.28. The molecule has 1 saturated carbocycles. The maximum absolute atomic E-state index is 9.86. The maximum atomic E-state index is 9.86. The fourth-order valence-electron chi connectivity index (χ4n) is 2.11. The Labute approximate surface area is 101 Å². The van der Waals surface area contributed by atoms with E-state index in [0.717, 1.165) is 18.4 Å². The number of hydrogen-bond donors (Lipinski definition) is 1. The summed E-state index contributed by atoms with van der Waals surface area (Å²) in [4.78, 5) is 4.18. The summed E-state index contributed by atoms with van der Waals surface area (Å²) in [5, 5.41) is 10.5. The first-order valence-corrected chi connectivity index (χ1v) is 6.11. The summed E-state index contributed by atoms with van der Waals surface area (Å²) >= 11 is 5.99. The predicted octanol–water partition coefficient (Wildman–Crippen LogP) is 3.27. The van der Waals surface area contributed by atoms with Gasteiger partial charge in [-0.3, -0.25) is 4.99 Å². The molecule has 0 aromatic heterocycles. The first-order chi connectivity index (χ1) is 7.77. The summed E-state index contributed by atoms with van der Waals surface area (Å²) in [6, 6.07) is 7.51. The lowest BCUT2D eigenvalue weighted by molar-refractivity contribution is 0.120. The van der Waals surface area contributed by atoms with Crippen LogP contribution >= 0.6 is 11.6 Å². The Morgan fingerprint density at radius 2 is 2.00 bits per heavy atom. The molecular weight excluding hydrogens is 222 g/mol. The molecule has 86 valence electrons. The van der Waals surface area contributed by atoms with Gasteiger partial charge < -0.3 is 5.11 Å². The van der Waals surface area contributed by atoms with Crippen molar-refractivity contribution in [3.8, 4) is 0 Å². The quantitative estimate of drug-likeness (QED) is 0.805. The van der Waals surface area contributed by atoms with Gasteiger partial charge in [0.25, 0.3) is 0 Å². The van der Waals surface area contributed by atoms with E-state index < -0.39 is 6.23 Å². The van der Waals surface area contributed by atoms with Gasteiger partial charge in [-0.2, -0.15) is 0 Å². The molecule has 0 saturated heterocycles. The van der Waals surface area contributed by atoms with Gasteiger partial charge in [0.15, 0.2) is 0 Å². The summed E-state index contributed by atoms with van der Waals surface area (Å²) in [6.45, 7) is 0. The SMILES string of the molecule is OC(/N=C/c1ccccc1Cl)C1CCCC1. The topological polar surface area (TPSA) is 32.6 Å². The monoisotopic (exact) mass is 237 g/mol. The number of halogens is 1. The van der Waals surface area contributed by atoms with Crippen molar-refractivity contribution in [2.75, 3.05) is 0 Å². The fraction of sp³-hybridized carbons (Fsp3) is 0.462. The standard InChI is InChI=1S/C13H16ClNO/c14-12-8-4-3-7-11(12)9-15-13(16)10-5-1-2-6-10/h3-4,7-10,13,16H,1-2,5-6H2/b15-9+. The van der Waals surface area contributed by atoms with Crippen molar-refractivity contribution in [1.82, 2.24) is 0 Å². The zero-order valence-corrected chi connectivity index (χ0v) is 9.90. The van der Waals surface area contributed by atoms with Gasteiger partial charge in [-0.05, 0) is 18.9 Å². The van der Waals surface area contributed by atoms with Crippen molar-refractivity contribution in [2.45, 2.75) is 31.9 Å². The number of rotatable bonds is 3. The lowest BCUT2D eigenvalue weighted by Crippen LogP contribution is -2.14. The summed E-state index contributed by atoms with van der Waals surface area (Å²) in [5.74, 6) is 0.332. The predicted molar refractivity (Wildman–Crippen MR) is 67.0 cm³/mol. The Morgan fingerprint density at radius 3 is 2.69 bits per heavy atom. The van der Waals surface area contributed by atoms with Crippen LogP contribution in [0.4, 0.5) is 0 Å². The highest BCUT2D eigenvalue weighted by Gasteiger charge is 2.21. The third kappa shape index (κ3) is 2.83. The Balaban J connectivity index is 2.00. The minimum atomic E-state index is -0.571. The van der Waals surface area contributed by atoms with E-state index in [1.54, 1.807) is 6.21 Å². The largest absolute Gasteiger partial charge is 0.372 e. The number of aliphatic imine (C=N–C) groups is 1. The van der Waals surface area contributed by atoms with Crippen LogP contribution in [0.2, 0.25) is 5.02 Å². The van der Waals surface area contributed by atoms with E-state index in [2.05, 4.69) is 4.99 Å². The van der Waals surface area contributed by atoms with Gasteiger partial charge in [0, 0.05) is 22.7 Å². The third-order valence-electron chi connectivity index (χ3n) is 3.09. The number of aliphatic hydroxyl groups excluding tert-OH is 1. The summed E-state index contributed by atoms with van der Waals surface area (Å²) in [6.07, 6.45) is 5.69. The molecule has 1 aromatic rings. The second kappa shape index (κ2) is 5.46. The smallest absolute Gasteiger partial charge is 0.147 e. The molecule has 0 radical (unpaired) electrons. The van der Waals surface area contributed by atoms with Gasteiger partial charge in [0.2, 0.25) is 0 Å². The Morgan fingerprint density at radius 1 is 1.31 bits per heavy atom. The van der Waals surface area contributed by atoms with E-state index in [1.807, 2.05) is 24.3 Å². The zero-order chi connectivity index (χ0) is 11.4. The van der Waals surface area contributed by atoms with Gasteiger partial charge >= 0.3 is 0 Å². The van der Waals surface area contributed by atoms with E-state index in [9.17, 15) is 5.11 Å². The molecule has 2 nitrogen and oxygen atoms in total. The average Bonchev–Trinajstić information content (AvgIpc) is 2.81. The fourth-order valence-corrected chi connectivity index (χ4v) is 2.30.